The fraction of sp³-hybridized carbons (Fsp3) is 0. The molecule has 0 spiro atoms. The fourth-order valence-electron chi connectivity index (χ4n) is 1.68. The lowest BCUT2D eigenvalue weighted by atomic mass is 10.2. The van der Waals surface area contributed by atoms with Crippen molar-refractivity contribution < 1.29 is 55.0 Å². The first-order valence-electron chi connectivity index (χ1n) is 6.75. The maximum atomic E-state index is 10.6. The zero-order valence-corrected chi connectivity index (χ0v) is 15.1. The van der Waals surface area contributed by atoms with Gasteiger partial charge in [0.15, 0.2) is 5.75 Å². The van der Waals surface area contributed by atoms with Gasteiger partial charge in [-0.3, -0.25) is 9.11 Å². The van der Waals surface area contributed by atoms with Crippen molar-refractivity contribution in [3.8, 4) is 11.5 Å². The van der Waals surface area contributed by atoms with Crippen LogP contribution < -0.4 is 4.18 Å². The monoisotopic (exact) mass is 436 g/mol. The number of benzene rings is 2. The summed E-state index contributed by atoms with van der Waals surface area (Å²) in [6, 6.07) is 7.52. The maximum Gasteiger partial charge on any atom is 0.446 e. The normalized spacial score (nSPS) is 11.1. The lowest BCUT2D eigenvalue weighted by molar-refractivity contribution is 0.0682. The lowest BCUT2D eigenvalue weighted by Crippen LogP contribution is -2.10. The van der Waals surface area contributed by atoms with Gasteiger partial charge in [-0.2, -0.15) is 16.8 Å². The van der Waals surface area contributed by atoms with E-state index in [-0.39, 0.29) is 5.56 Å². The summed E-state index contributed by atoms with van der Waals surface area (Å²) >= 11 is 0. The van der Waals surface area contributed by atoms with Gasteiger partial charge in [0.1, 0.15) is 16.9 Å². The van der Waals surface area contributed by atoms with E-state index >= 15 is 0 Å². The number of carbonyl (C=O) groups is 2. The third-order valence-electron chi connectivity index (χ3n) is 2.81. The third kappa shape index (κ3) is 6.84. The summed E-state index contributed by atoms with van der Waals surface area (Å²) in [5.41, 5.74) is -0.926. The highest BCUT2D eigenvalue weighted by atomic mass is 32.3. The van der Waals surface area contributed by atoms with Gasteiger partial charge in [-0.1, -0.05) is 12.1 Å². The van der Waals surface area contributed by atoms with E-state index in [1.165, 1.54) is 12.1 Å². The molecule has 0 atom stereocenters. The van der Waals surface area contributed by atoms with Gasteiger partial charge in [0.2, 0.25) is 0 Å². The van der Waals surface area contributed by atoms with E-state index in [0.29, 0.717) is 6.07 Å². The molecule has 0 saturated carbocycles. The molecule has 12 nitrogen and oxygen atoms in total. The van der Waals surface area contributed by atoms with Crippen LogP contribution in [0.1, 0.15) is 20.7 Å². The molecule has 0 aliphatic heterocycles. The number of carboxylic acid groups (broad SMARTS) is 2. The van der Waals surface area contributed by atoms with Crippen molar-refractivity contribution in [3.05, 3.63) is 53.6 Å². The molecule has 2 rings (SSSR count). The molecule has 0 radical (unpaired) electrons. The first kappa shape index (κ1) is 22.8. The Morgan fingerprint density at radius 3 is 1.82 bits per heavy atom. The van der Waals surface area contributed by atoms with E-state index in [0.717, 1.165) is 24.3 Å². The van der Waals surface area contributed by atoms with E-state index in [1.807, 2.05) is 0 Å². The van der Waals surface area contributed by atoms with Gasteiger partial charge < -0.3 is 19.5 Å². The van der Waals surface area contributed by atoms with Crippen LogP contribution in [0, 0.1) is 0 Å². The highest BCUT2D eigenvalue weighted by Gasteiger charge is 2.16. The molecule has 2 aromatic rings. The van der Waals surface area contributed by atoms with Gasteiger partial charge in [0, 0.05) is 0 Å². The van der Waals surface area contributed by atoms with Crippen molar-refractivity contribution in [1.29, 1.82) is 0 Å². The Bertz CT molecular complexity index is 1100. The minimum absolute atomic E-state index is 0.342. The Hall–Kier alpha value is -3.20. The second-order valence-corrected chi connectivity index (χ2v) is 7.22. The van der Waals surface area contributed by atoms with Crippen molar-refractivity contribution in [2.24, 2.45) is 0 Å². The number of aromatic carboxylic acids is 2. The summed E-state index contributed by atoms with van der Waals surface area (Å²) in [7, 11) is -9.15. The van der Waals surface area contributed by atoms with Crippen molar-refractivity contribution in [1.82, 2.24) is 0 Å². The molecule has 2 aromatic carbocycles. The van der Waals surface area contributed by atoms with Crippen LogP contribution in [0.5, 0.6) is 11.5 Å². The maximum absolute atomic E-state index is 10.6. The minimum atomic E-state index is -4.70. The second-order valence-electron chi connectivity index (χ2n) is 4.77. The van der Waals surface area contributed by atoms with Crippen molar-refractivity contribution in [3.63, 3.8) is 0 Å². The van der Waals surface area contributed by atoms with Gasteiger partial charge in [0.05, 0.1) is 4.90 Å². The van der Waals surface area contributed by atoms with E-state index in [2.05, 4.69) is 4.18 Å². The van der Waals surface area contributed by atoms with Gasteiger partial charge in [0.25, 0.3) is 10.1 Å². The smallest absolute Gasteiger partial charge is 0.446 e. The number of aromatic hydroxyl groups is 1. The molecule has 14 heteroatoms. The summed E-state index contributed by atoms with van der Waals surface area (Å²) < 4.78 is 62.8. The topological polar surface area (TPSA) is 213 Å². The first-order valence-corrected chi connectivity index (χ1v) is 9.56. The van der Waals surface area contributed by atoms with Crippen LogP contribution in [-0.2, 0) is 20.5 Å². The van der Waals surface area contributed by atoms with Crippen LogP contribution in [0.2, 0.25) is 0 Å². The highest BCUT2D eigenvalue weighted by molar-refractivity contribution is 7.85. The molecular formula is C14H12O12S2. The summed E-state index contributed by atoms with van der Waals surface area (Å²) in [6.45, 7) is 0. The molecule has 152 valence electrons. The third-order valence-corrected chi connectivity index (χ3v) is 4.05. The van der Waals surface area contributed by atoms with Crippen molar-refractivity contribution >= 4 is 32.5 Å². The zero-order chi connectivity index (χ0) is 21.7. The Kier molecular flexibility index (Phi) is 7.06. The zero-order valence-electron chi connectivity index (χ0n) is 13.5. The molecule has 0 aromatic heterocycles. The number of phenols is 1. The predicted octanol–water partition coefficient (Wildman–Crippen LogP) is 0.904. The fourth-order valence-corrected chi connectivity index (χ4v) is 2.56. The van der Waals surface area contributed by atoms with Crippen molar-refractivity contribution in [2.75, 3.05) is 0 Å². The molecule has 0 aliphatic carbocycles. The highest BCUT2D eigenvalue weighted by Crippen LogP contribution is 2.21. The molecular weight excluding hydrogens is 424 g/mol. The molecule has 0 unspecified atom stereocenters. The van der Waals surface area contributed by atoms with Crippen LogP contribution in [-0.4, -0.2) is 53.2 Å². The Balaban J connectivity index is 0.000000280. The predicted molar refractivity (Wildman–Crippen MR) is 90.5 cm³/mol. The lowest BCUT2D eigenvalue weighted by Gasteiger charge is -2.03. The van der Waals surface area contributed by atoms with Crippen LogP contribution in [0.4, 0.5) is 0 Å². The molecule has 0 bridgehead atoms. The minimum Gasteiger partial charge on any atom is -0.507 e. The SMILES string of the molecule is O=C(O)c1cc(S(=O)(=O)O)ccc1O.O=C(O)c1ccccc1OS(=O)(=O)O. The molecule has 0 aliphatic rings. The van der Waals surface area contributed by atoms with Gasteiger partial charge in [-0.15, -0.1) is 0 Å². The Morgan fingerprint density at radius 2 is 1.36 bits per heavy atom. The molecule has 5 N–H and O–H groups in total. The van der Waals surface area contributed by atoms with E-state index in [1.54, 1.807) is 0 Å². The standard InChI is InChI=1S/2C7H6O6S/c8-6-2-1-4(14(11,12)13)3-5(6)7(9)10;8-7(9)5-3-1-2-4-6(5)13-14(10,11)12/h1-3,8H,(H,9,10)(H,11,12,13);1-4H,(H,8,9)(H,10,11,12). The Morgan fingerprint density at radius 1 is 0.821 bits per heavy atom. The molecule has 0 fully saturated rings. The molecule has 0 saturated heterocycles. The van der Waals surface area contributed by atoms with Crippen LogP contribution in [0.15, 0.2) is 47.4 Å². The molecule has 0 heterocycles. The largest absolute Gasteiger partial charge is 0.507 e. The quantitative estimate of drug-likeness (QED) is 0.413. The van der Waals surface area contributed by atoms with Gasteiger partial charge in [-0.25, -0.2) is 9.59 Å². The average Bonchev–Trinajstić information content (AvgIpc) is 2.53. The van der Waals surface area contributed by atoms with Crippen LogP contribution in [0.25, 0.3) is 0 Å². The number of hydrogen-bond donors (Lipinski definition) is 5. The summed E-state index contributed by atoms with van der Waals surface area (Å²) in [5.74, 6) is -3.82. The van der Waals surface area contributed by atoms with Crippen LogP contribution in [0.3, 0.4) is 0 Å². The first-order chi connectivity index (χ1) is 12.7. The second kappa shape index (κ2) is 8.66. The van der Waals surface area contributed by atoms with E-state index < -0.39 is 54.4 Å². The van der Waals surface area contributed by atoms with Crippen LogP contribution >= 0.6 is 0 Å². The van der Waals surface area contributed by atoms with Gasteiger partial charge >= 0.3 is 22.3 Å². The Labute approximate surface area is 158 Å². The number of para-hydroxylation sites is 1. The summed E-state index contributed by atoms with van der Waals surface area (Å²) in [4.78, 5) is 20.4. The number of rotatable bonds is 5. The molecule has 28 heavy (non-hydrogen) atoms. The average molecular weight is 436 g/mol. The van der Waals surface area contributed by atoms with E-state index in [4.69, 9.17) is 24.4 Å². The summed E-state index contributed by atoms with van der Waals surface area (Å²) in [5, 5.41) is 26.1. The van der Waals surface area contributed by atoms with Gasteiger partial charge in [-0.05, 0) is 30.3 Å². The van der Waals surface area contributed by atoms with Crippen molar-refractivity contribution in [2.45, 2.75) is 4.90 Å². The summed E-state index contributed by atoms with van der Waals surface area (Å²) in [6.07, 6.45) is 0. The number of carboxylic acids is 2. The molecule has 0 amide bonds. The van der Waals surface area contributed by atoms with E-state index in [9.17, 15) is 26.4 Å². The number of hydrogen-bond acceptors (Lipinski definition) is 8.